The summed E-state index contributed by atoms with van der Waals surface area (Å²) in [7, 11) is 0. The van der Waals surface area contributed by atoms with Gasteiger partial charge in [0.25, 0.3) is 5.56 Å². The predicted octanol–water partition coefficient (Wildman–Crippen LogP) is 5.08. The highest BCUT2D eigenvalue weighted by Gasteiger charge is 2.16. The fraction of sp³-hybridized carbons (Fsp3) is 0.200. The molecule has 4 rings (SSSR count). The molecular weight excluding hydrogens is 440 g/mol. The Balaban J connectivity index is 1.62. The Morgan fingerprint density at radius 2 is 1.86 bits per heavy atom. The van der Waals surface area contributed by atoms with Crippen molar-refractivity contribution in [3.05, 3.63) is 69.2 Å². The molecule has 2 aromatic heterocycles. The number of hydrogen-bond acceptors (Lipinski definition) is 6. The zero-order valence-corrected chi connectivity index (χ0v) is 17.7. The van der Waals surface area contributed by atoms with Crippen molar-refractivity contribution in [1.29, 1.82) is 0 Å². The van der Waals surface area contributed by atoms with Crippen molar-refractivity contribution in [2.75, 3.05) is 0 Å². The zero-order valence-electron chi connectivity index (χ0n) is 15.3. The van der Waals surface area contributed by atoms with Gasteiger partial charge in [0.2, 0.25) is 11.7 Å². The largest absolute Gasteiger partial charge is 0.338 e. The molecule has 2 heterocycles. The van der Waals surface area contributed by atoms with E-state index in [1.165, 1.54) is 11.8 Å². The minimum absolute atomic E-state index is 0.00637. The highest BCUT2D eigenvalue weighted by Crippen LogP contribution is 2.25. The van der Waals surface area contributed by atoms with Crippen molar-refractivity contribution in [2.45, 2.75) is 30.8 Å². The number of nitrogens with zero attached hydrogens (tertiary/aromatic N) is 4. The quantitative estimate of drug-likeness (QED) is 0.307. The van der Waals surface area contributed by atoms with E-state index in [2.05, 4.69) is 31.1 Å². The van der Waals surface area contributed by atoms with E-state index in [4.69, 9.17) is 4.52 Å². The molecule has 0 N–H and O–H groups in total. The van der Waals surface area contributed by atoms with E-state index < -0.39 is 0 Å². The van der Waals surface area contributed by atoms with Crippen molar-refractivity contribution in [3.63, 3.8) is 0 Å². The molecule has 142 valence electrons. The minimum Gasteiger partial charge on any atom is -0.338 e. The Kier molecular flexibility index (Phi) is 5.32. The summed E-state index contributed by atoms with van der Waals surface area (Å²) >= 11 is 4.83. The monoisotopic (exact) mass is 456 g/mol. The van der Waals surface area contributed by atoms with Gasteiger partial charge in [-0.05, 0) is 50.2 Å². The van der Waals surface area contributed by atoms with Crippen LogP contribution in [-0.4, -0.2) is 19.7 Å². The lowest BCUT2D eigenvalue weighted by Crippen LogP contribution is -2.25. The van der Waals surface area contributed by atoms with Crippen LogP contribution in [0.5, 0.6) is 0 Å². The summed E-state index contributed by atoms with van der Waals surface area (Å²) in [6.07, 6.45) is 0. The van der Waals surface area contributed by atoms with Gasteiger partial charge in [-0.3, -0.25) is 9.36 Å². The molecule has 2 aromatic carbocycles. The van der Waals surface area contributed by atoms with E-state index in [0.717, 1.165) is 10.0 Å². The molecule has 8 heteroatoms. The van der Waals surface area contributed by atoms with Crippen molar-refractivity contribution < 1.29 is 4.52 Å². The van der Waals surface area contributed by atoms with Crippen LogP contribution in [0.2, 0.25) is 0 Å². The van der Waals surface area contributed by atoms with Crippen LogP contribution >= 0.6 is 27.7 Å². The summed E-state index contributed by atoms with van der Waals surface area (Å²) in [5.74, 6) is 1.46. The van der Waals surface area contributed by atoms with Crippen LogP contribution in [0.4, 0.5) is 0 Å². The molecule has 0 aliphatic rings. The minimum atomic E-state index is -0.0378. The number of benzene rings is 2. The zero-order chi connectivity index (χ0) is 19.7. The fourth-order valence-electron chi connectivity index (χ4n) is 2.84. The van der Waals surface area contributed by atoms with Crippen LogP contribution in [0.15, 0.2) is 67.5 Å². The molecule has 0 radical (unpaired) electrons. The van der Waals surface area contributed by atoms with Gasteiger partial charge in [0.15, 0.2) is 5.16 Å². The normalized spacial score (nSPS) is 11.4. The fourth-order valence-corrected chi connectivity index (χ4v) is 4.07. The van der Waals surface area contributed by atoms with Gasteiger partial charge in [-0.2, -0.15) is 4.98 Å². The third kappa shape index (κ3) is 3.74. The third-order valence-electron chi connectivity index (χ3n) is 4.19. The van der Waals surface area contributed by atoms with Gasteiger partial charge in [0.1, 0.15) is 0 Å². The summed E-state index contributed by atoms with van der Waals surface area (Å²) in [5.41, 5.74) is 1.53. The van der Waals surface area contributed by atoms with Gasteiger partial charge in [-0.15, -0.1) is 0 Å². The lowest BCUT2D eigenvalue weighted by atomic mass is 10.2. The van der Waals surface area contributed by atoms with Crippen LogP contribution < -0.4 is 5.56 Å². The van der Waals surface area contributed by atoms with Crippen LogP contribution in [-0.2, 0) is 5.75 Å². The molecule has 0 spiro atoms. The molecule has 0 atom stereocenters. The highest BCUT2D eigenvalue weighted by molar-refractivity contribution is 9.10. The van der Waals surface area contributed by atoms with E-state index in [1.54, 1.807) is 10.6 Å². The Bertz CT molecular complexity index is 1190. The van der Waals surface area contributed by atoms with E-state index in [1.807, 2.05) is 56.3 Å². The van der Waals surface area contributed by atoms with Crippen molar-refractivity contribution >= 4 is 38.6 Å². The lowest BCUT2D eigenvalue weighted by Gasteiger charge is -2.15. The predicted molar refractivity (Wildman–Crippen MR) is 113 cm³/mol. The van der Waals surface area contributed by atoms with Crippen LogP contribution in [0.3, 0.4) is 0 Å². The number of hydrogen-bond donors (Lipinski definition) is 0. The van der Waals surface area contributed by atoms with Gasteiger partial charge < -0.3 is 4.52 Å². The summed E-state index contributed by atoms with van der Waals surface area (Å²) in [6.45, 7) is 3.94. The van der Waals surface area contributed by atoms with Crippen LogP contribution in [0.1, 0.15) is 25.8 Å². The van der Waals surface area contributed by atoms with Gasteiger partial charge in [-0.1, -0.05) is 45.0 Å². The molecule has 0 amide bonds. The number of thioether (sulfide) groups is 1. The van der Waals surface area contributed by atoms with Gasteiger partial charge in [0.05, 0.1) is 16.7 Å². The van der Waals surface area contributed by atoms with Crippen LogP contribution in [0.25, 0.3) is 22.3 Å². The molecule has 0 aliphatic carbocycles. The van der Waals surface area contributed by atoms with E-state index >= 15 is 0 Å². The molecule has 0 saturated carbocycles. The first-order valence-corrected chi connectivity index (χ1v) is 10.5. The summed E-state index contributed by atoms with van der Waals surface area (Å²) in [4.78, 5) is 22.0. The smallest absolute Gasteiger partial charge is 0.262 e. The molecule has 6 nitrogen and oxygen atoms in total. The second kappa shape index (κ2) is 7.89. The molecule has 4 aromatic rings. The van der Waals surface area contributed by atoms with Crippen molar-refractivity contribution in [2.24, 2.45) is 0 Å². The highest BCUT2D eigenvalue weighted by atomic mass is 79.9. The van der Waals surface area contributed by atoms with Gasteiger partial charge in [-0.25, -0.2) is 4.98 Å². The molecular formula is C20H17BrN4O2S. The Hall–Kier alpha value is -2.45. The average Bonchev–Trinajstić information content (AvgIpc) is 3.16. The lowest BCUT2D eigenvalue weighted by molar-refractivity contribution is 0.391. The van der Waals surface area contributed by atoms with Crippen molar-refractivity contribution in [1.82, 2.24) is 19.7 Å². The number of para-hydroxylation sites is 1. The van der Waals surface area contributed by atoms with Gasteiger partial charge in [0, 0.05) is 16.1 Å². The Morgan fingerprint density at radius 3 is 2.61 bits per heavy atom. The summed E-state index contributed by atoms with van der Waals surface area (Å²) < 4.78 is 8.08. The van der Waals surface area contributed by atoms with Gasteiger partial charge >= 0.3 is 0 Å². The average molecular weight is 457 g/mol. The first kappa shape index (κ1) is 18.9. The molecule has 0 fully saturated rings. The molecule has 0 unspecified atom stereocenters. The maximum absolute atomic E-state index is 12.9. The molecule has 0 saturated heterocycles. The van der Waals surface area contributed by atoms with E-state index in [9.17, 15) is 4.79 Å². The Morgan fingerprint density at radius 1 is 1.11 bits per heavy atom. The maximum atomic E-state index is 12.9. The second-order valence-electron chi connectivity index (χ2n) is 6.49. The SMILES string of the molecule is CC(C)n1c(SCc2nc(-c3ccc(Br)cc3)no2)nc2ccccc2c1=O. The second-order valence-corrected chi connectivity index (χ2v) is 8.35. The van der Waals surface area contributed by atoms with Crippen molar-refractivity contribution in [3.8, 4) is 11.4 Å². The third-order valence-corrected chi connectivity index (χ3v) is 5.65. The first-order chi connectivity index (χ1) is 13.5. The molecule has 28 heavy (non-hydrogen) atoms. The number of fused-ring (bicyclic) bond motifs is 1. The maximum Gasteiger partial charge on any atom is 0.262 e. The number of rotatable bonds is 5. The standard InChI is InChI=1S/C20H17BrN4O2S/c1-12(2)25-19(26)15-5-3-4-6-16(15)22-20(25)28-11-17-23-18(24-27-17)13-7-9-14(21)10-8-13/h3-10,12H,11H2,1-2H3. The molecule has 0 aliphatic heterocycles. The summed E-state index contributed by atoms with van der Waals surface area (Å²) in [5, 5.41) is 5.31. The Labute approximate surface area is 174 Å². The number of halogens is 1. The molecule has 0 bridgehead atoms. The van der Waals surface area contributed by atoms with E-state index in [0.29, 0.717) is 33.5 Å². The summed E-state index contributed by atoms with van der Waals surface area (Å²) in [6, 6.07) is 15.1. The first-order valence-electron chi connectivity index (χ1n) is 8.75. The topological polar surface area (TPSA) is 73.8 Å². The van der Waals surface area contributed by atoms with E-state index in [-0.39, 0.29) is 11.6 Å². The number of aromatic nitrogens is 4. The van der Waals surface area contributed by atoms with Crippen LogP contribution in [0, 0.1) is 0 Å².